The summed E-state index contributed by atoms with van der Waals surface area (Å²) >= 11 is 1.78. The quantitative estimate of drug-likeness (QED) is 0.873. The lowest BCUT2D eigenvalue weighted by Crippen LogP contribution is -2.44. The highest BCUT2D eigenvalue weighted by atomic mass is 32.1. The van der Waals surface area contributed by atoms with Gasteiger partial charge in [-0.1, -0.05) is 19.8 Å². The maximum absolute atomic E-state index is 4.36. The van der Waals surface area contributed by atoms with Crippen LogP contribution in [0.1, 0.15) is 43.2 Å². The molecule has 1 fully saturated rings. The Hall–Kier alpha value is -0.450. The molecule has 1 aliphatic rings. The van der Waals surface area contributed by atoms with E-state index in [1.165, 1.54) is 42.8 Å². The van der Waals surface area contributed by atoms with Crippen LogP contribution in [0.25, 0.3) is 0 Å². The van der Waals surface area contributed by atoms with Crippen molar-refractivity contribution in [1.29, 1.82) is 0 Å². The van der Waals surface area contributed by atoms with Crippen LogP contribution in [0.4, 0.5) is 0 Å². The molecular formula is C16H29N3S. The van der Waals surface area contributed by atoms with E-state index >= 15 is 0 Å². The Morgan fingerprint density at radius 3 is 2.70 bits per heavy atom. The molecule has 2 rings (SSSR count). The number of hydrogen-bond donors (Lipinski definition) is 1. The zero-order chi connectivity index (χ0) is 14.6. The molecule has 0 atom stereocenters. The molecule has 0 bridgehead atoms. The molecule has 114 valence electrons. The zero-order valence-electron chi connectivity index (χ0n) is 13.4. The lowest BCUT2D eigenvalue weighted by atomic mass is 9.70. The Bertz CT molecular complexity index is 408. The SMILES string of the molecule is CNCC1(CN(C)Cc2scnc2C)CCC(C)CC1. The second kappa shape index (κ2) is 7.01. The summed E-state index contributed by atoms with van der Waals surface area (Å²) in [6.07, 6.45) is 5.49. The van der Waals surface area contributed by atoms with Crippen molar-refractivity contribution in [2.45, 2.75) is 46.1 Å². The maximum Gasteiger partial charge on any atom is 0.0798 e. The van der Waals surface area contributed by atoms with E-state index in [0.717, 1.165) is 19.0 Å². The van der Waals surface area contributed by atoms with E-state index in [1.54, 1.807) is 11.3 Å². The molecule has 1 heterocycles. The first-order chi connectivity index (χ1) is 9.54. The predicted octanol–water partition coefficient (Wildman–Crippen LogP) is 3.30. The lowest BCUT2D eigenvalue weighted by molar-refractivity contribution is 0.0982. The smallest absolute Gasteiger partial charge is 0.0798 e. The van der Waals surface area contributed by atoms with Crippen LogP contribution in [0.5, 0.6) is 0 Å². The summed E-state index contributed by atoms with van der Waals surface area (Å²) in [6.45, 7) is 7.89. The van der Waals surface area contributed by atoms with Crippen LogP contribution < -0.4 is 5.32 Å². The highest BCUT2D eigenvalue weighted by Gasteiger charge is 2.34. The Balaban J connectivity index is 1.95. The second-order valence-electron chi connectivity index (χ2n) is 6.75. The molecule has 0 spiro atoms. The number of nitrogens with one attached hydrogen (secondary N) is 1. The van der Waals surface area contributed by atoms with Crippen molar-refractivity contribution in [2.75, 3.05) is 27.2 Å². The van der Waals surface area contributed by atoms with Gasteiger partial charge in [-0.3, -0.25) is 0 Å². The third-order valence-corrected chi connectivity index (χ3v) is 5.67. The van der Waals surface area contributed by atoms with Crippen LogP contribution in [0.2, 0.25) is 0 Å². The lowest BCUT2D eigenvalue weighted by Gasteiger charge is -2.42. The van der Waals surface area contributed by atoms with Crippen molar-refractivity contribution in [3.63, 3.8) is 0 Å². The van der Waals surface area contributed by atoms with Crippen molar-refractivity contribution in [3.8, 4) is 0 Å². The first-order valence-electron chi connectivity index (χ1n) is 7.77. The van der Waals surface area contributed by atoms with Gasteiger partial charge in [0.2, 0.25) is 0 Å². The maximum atomic E-state index is 4.36. The van der Waals surface area contributed by atoms with Crippen LogP contribution in [0, 0.1) is 18.3 Å². The van der Waals surface area contributed by atoms with Gasteiger partial charge >= 0.3 is 0 Å². The Labute approximate surface area is 127 Å². The third-order valence-electron chi connectivity index (χ3n) is 4.75. The van der Waals surface area contributed by atoms with Gasteiger partial charge in [0.05, 0.1) is 11.2 Å². The van der Waals surface area contributed by atoms with Crippen molar-refractivity contribution >= 4 is 11.3 Å². The van der Waals surface area contributed by atoms with Gasteiger partial charge in [0, 0.05) is 24.5 Å². The summed E-state index contributed by atoms with van der Waals surface area (Å²) in [7, 11) is 4.35. The number of aromatic nitrogens is 1. The van der Waals surface area contributed by atoms with E-state index in [9.17, 15) is 0 Å². The fourth-order valence-corrected chi connectivity index (χ4v) is 4.35. The minimum absolute atomic E-state index is 0.467. The van der Waals surface area contributed by atoms with Crippen molar-refractivity contribution in [2.24, 2.45) is 11.3 Å². The molecule has 0 amide bonds. The van der Waals surface area contributed by atoms with Gasteiger partial charge in [0.25, 0.3) is 0 Å². The third kappa shape index (κ3) is 4.03. The molecule has 0 aliphatic heterocycles. The van der Waals surface area contributed by atoms with E-state index < -0.39 is 0 Å². The van der Waals surface area contributed by atoms with Gasteiger partial charge in [0.1, 0.15) is 0 Å². The van der Waals surface area contributed by atoms with Gasteiger partial charge in [-0.2, -0.15) is 0 Å². The first-order valence-corrected chi connectivity index (χ1v) is 8.65. The Kier molecular flexibility index (Phi) is 5.58. The fraction of sp³-hybridized carbons (Fsp3) is 0.812. The van der Waals surface area contributed by atoms with Crippen molar-refractivity contribution < 1.29 is 0 Å². The average molecular weight is 295 g/mol. The molecule has 0 aromatic carbocycles. The molecule has 0 saturated heterocycles. The molecule has 0 unspecified atom stereocenters. The van der Waals surface area contributed by atoms with Crippen LogP contribution in [0.3, 0.4) is 0 Å². The Morgan fingerprint density at radius 1 is 1.45 bits per heavy atom. The molecule has 20 heavy (non-hydrogen) atoms. The summed E-state index contributed by atoms with van der Waals surface area (Å²) in [5.41, 5.74) is 3.63. The molecule has 0 radical (unpaired) electrons. The number of thiazole rings is 1. The monoisotopic (exact) mass is 295 g/mol. The van der Waals surface area contributed by atoms with Gasteiger partial charge in [-0.25, -0.2) is 4.98 Å². The van der Waals surface area contributed by atoms with Crippen LogP contribution in [-0.2, 0) is 6.54 Å². The fourth-order valence-electron chi connectivity index (χ4n) is 3.49. The van der Waals surface area contributed by atoms with E-state index in [2.05, 4.69) is 43.1 Å². The molecule has 4 heteroatoms. The highest BCUT2D eigenvalue weighted by molar-refractivity contribution is 7.09. The topological polar surface area (TPSA) is 28.2 Å². The van der Waals surface area contributed by atoms with E-state index in [0.29, 0.717) is 5.41 Å². The van der Waals surface area contributed by atoms with Gasteiger partial charge < -0.3 is 10.2 Å². The van der Waals surface area contributed by atoms with Crippen LogP contribution in [0.15, 0.2) is 5.51 Å². The molecule has 1 aliphatic carbocycles. The Morgan fingerprint density at radius 2 is 2.15 bits per heavy atom. The summed E-state index contributed by atoms with van der Waals surface area (Å²) in [4.78, 5) is 8.27. The summed E-state index contributed by atoms with van der Waals surface area (Å²) < 4.78 is 0. The minimum atomic E-state index is 0.467. The summed E-state index contributed by atoms with van der Waals surface area (Å²) in [5, 5.41) is 3.43. The van der Waals surface area contributed by atoms with Crippen LogP contribution >= 0.6 is 11.3 Å². The molecule has 3 nitrogen and oxygen atoms in total. The molecule has 1 aromatic heterocycles. The van der Waals surface area contributed by atoms with Gasteiger partial charge in [0.15, 0.2) is 0 Å². The van der Waals surface area contributed by atoms with Gasteiger partial charge in [-0.05, 0) is 45.2 Å². The predicted molar refractivity (Wildman–Crippen MR) is 87.2 cm³/mol. The first kappa shape index (κ1) is 15.9. The van der Waals surface area contributed by atoms with E-state index in [-0.39, 0.29) is 0 Å². The second-order valence-corrected chi connectivity index (χ2v) is 7.69. The van der Waals surface area contributed by atoms with Gasteiger partial charge in [-0.15, -0.1) is 11.3 Å². The van der Waals surface area contributed by atoms with E-state index in [1.807, 2.05) is 5.51 Å². The highest BCUT2D eigenvalue weighted by Crippen LogP contribution is 2.39. The summed E-state index contributed by atoms with van der Waals surface area (Å²) in [6, 6.07) is 0. The van der Waals surface area contributed by atoms with E-state index in [4.69, 9.17) is 0 Å². The molecular weight excluding hydrogens is 266 g/mol. The number of rotatable bonds is 6. The number of nitrogens with zero attached hydrogens (tertiary/aromatic N) is 2. The van der Waals surface area contributed by atoms with Crippen molar-refractivity contribution in [1.82, 2.24) is 15.2 Å². The normalized spacial score (nSPS) is 27.1. The standard InChI is InChI=1S/C16H29N3S/c1-13-5-7-16(8-6-13,10-17-3)11-19(4)9-15-14(2)18-12-20-15/h12-13,17H,5-11H2,1-4H3. The average Bonchev–Trinajstić information content (AvgIpc) is 2.79. The van der Waals surface area contributed by atoms with Crippen molar-refractivity contribution in [3.05, 3.63) is 16.1 Å². The minimum Gasteiger partial charge on any atom is -0.319 e. The summed E-state index contributed by atoms with van der Waals surface area (Å²) in [5.74, 6) is 0.911. The van der Waals surface area contributed by atoms with Crippen LogP contribution in [-0.4, -0.2) is 37.1 Å². The molecule has 1 N–H and O–H groups in total. The number of hydrogen-bond acceptors (Lipinski definition) is 4. The zero-order valence-corrected chi connectivity index (χ0v) is 14.2. The molecule has 1 aromatic rings. The molecule has 1 saturated carbocycles. The number of aryl methyl sites for hydroxylation is 1. The largest absolute Gasteiger partial charge is 0.319 e.